The van der Waals surface area contributed by atoms with Crippen LogP contribution in [0.15, 0.2) is 27.4 Å². The molecule has 2 aliphatic rings. The predicted molar refractivity (Wildman–Crippen MR) is 84.5 cm³/mol. The molecule has 0 bridgehead atoms. The Balaban J connectivity index is 1.63. The van der Waals surface area contributed by atoms with Crippen molar-refractivity contribution in [3.05, 3.63) is 34.3 Å². The smallest absolute Gasteiger partial charge is 0.408 e. The van der Waals surface area contributed by atoms with E-state index in [1.807, 2.05) is 4.90 Å². The highest BCUT2D eigenvalue weighted by Crippen LogP contribution is 2.38. The van der Waals surface area contributed by atoms with Crippen LogP contribution in [0.5, 0.6) is 0 Å². The van der Waals surface area contributed by atoms with Gasteiger partial charge in [-0.25, -0.2) is 4.79 Å². The molecule has 1 aromatic heterocycles. The number of piperidine rings is 1. The second-order valence-electron chi connectivity index (χ2n) is 6.74. The highest BCUT2D eigenvalue weighted by Gasteiger charge is 2.40. The molecule has 0 radical (unpaired) electrons. The molecule has 1 atom stereocenters. The molecular weight excluding hydrogens is 296 g/mol. The third-order valence-electron chi connectivity index (χ3n) is 5.17. The Hall–Kier alpha value is -2.08. The zero-order valence-corrected chi connectivity index (χ0v) is 13.2. The highest BCUT2D eigenvalue weighted by molar-refractivity contribution is 5.97. The van der Waals surface area contributed by atoms with Gasteiger partial charge in [0, 0.05) is 37.7 Å². The van der Waals surface area contributed by atoms with Crippen LogP contribution in [-0.4, -0.2) is 41.7 Å². The Bertz CT molecular complexity index is 814. The monoisotopic (exact) mass is 316 g/mol. The van der Waals surface area contributed by atoms with Gasteiger partial charge in [-0.2, -0.15) is 0 Å². The largest absolute Gasteiger partial charge is 0.419 e. The van der Waals surface area contributed by atoms with Crippen molar-refractivity contribution in [1.82, 2.24) is 9.47 Å². The van der Waals surface area contributed by atoms with Crippen LogP contribution >= 0.6 is 0 Å². The summed E-state index contributed by atoms with van der Waals surface area (Å²) < 4.78 is 12.1. The average Bonchev–Trinajstić information content (AvgIpc) is 3.12. The maximum absolute atomic E-state index is 12.9. The van der Waals surface area contributed by atoms with Crippen molar-refractivity contribution in [2.24, 2.45) is 12.5 Å². The standard InChI is InChI=1S/C17H20N2O4/c1-18-13-9-12(3-4-14(13)23-16(18)21)15(20)19-7-2-5-17(10-19)6-8-22-11-17/h3-4,9H,2,5-8,10-11H2,1H3/t17-/m0/s1. The van der Waals surface area contributed by atoms with E-state index in [2.05, 4.69) is 0 Å². The molecule has 23 heavy (non-hydrogen) atoms. The van der Waals surface area contributed by atoms with E-state index in [0.29, 0.717) is 16.7 Å². The second-order valence-corrected chi connectivity index (χ2v) is 6.74. The molecule has 0 N–H and O–H groups in total. The summed E-state index contributed by atoms with van der Waals surface area (Å²) in [6, 6.07) is 5.18. The molecule has 2 fully saturated rings. The number of nitrogens with zero attached hydrogens (tertiary/aromatic N) is 2. The van der Waals surface area contributed by atoms with Gasteiger partial charge in [-0.05, 0) is 37.5 Å². The number of aromatic nitrogens is 1. The number of hydrogen-bond donors (Lipinski definition) is 0. The van der Waals surface area contributed by atoms with E-state index in [0.717, 1.165) is 45.6 Å². The summed E-state index contributed by atoms with van der Waals surface area (Å²) in [7, 11) is 1.65. The van der Waals surface area contributed by atoms with Crippen LogP contribution in [0.3, 0.4) is 0 Å². The molecule has 6 nitrogen and oxygen atoms in total. The van der Waals surface area contributed by atoms with E-state index < -0.39 is 5.76 Å². The number of likely N-dealkylation sites (tertiary alicyclic amines) is 1. The van der Waals surface area contributed by atoms with Crippen molar-refractivity contribution in [3.63, 3.8) is 0 Å². The minimum Gasteiger partial charge on any atom is -0.408 e. The van der Waals surface area contributed by atoms with Gasteiger partial charge in [0.05, 0.1) is 12.1 Å². The first-order valence-electron chi connectivity index (χ1n) is 8.05. The minimum absolute atomic E-state index is 0.0199. The first-order valence-corrected chi connectivity index (χ1v) is 8.05. The van der Waals surface area contributed by atoms with Crippen LogP contribution in [0, 0.1) is 5.41 Å². The number of oxazole rings is 1. The van der Waals surface area contributed by atoms with E-state index in [1.54, 1.807) is 25.2 Å². The summed E-state index contributed by atoms with van der Waals surface area (Å²) in [5.41, 5.74) is 1.90. The van der Waals surface area contributed by atoms with Crippen molar-refractivity contribution < 1.29 is 13.9 Å². The Labute approximate surface area is 133 Å². The molecule has 0 unspecified atom stereocenters. The van der Waals surface area contributed by atoms with Crippen molar-refractivity contribution >= 4 is 17.0 Å². The number of amides is 1. The van der Waals surface area contributed by atoms with Gasteiger partial charge < -0.3 is 14.1 Å². The number of benzene rings is 1. The van der Waals surface area contributed by atoms with Crippen LogP contribution in [0.25, 0.3) is 11.1 Å². The van der Waals surface area contributed by atoms with Gasteiger partial charge >= 0.3 is 5.76 Å². The quantitative estimate of drug-likeness (QED) is 0.804. The van der Waals surface area contributed by atoms with Crippen molar-refractivity contribution in [3.8, 4) is 0 Å². The molecule has 6 heteroatoms. The summed E-state index contributed by atoms with van der Waals surface area (Å²) in [4.78, 5) is 26.4. The fourth-order valence-electron chi connectivity index (χ4n) is 3.79. The number of fused-ring (bicyclic) bond motifs is 1. The van der Waals surface area contributed by atoms with Gasteiger partial charge in [0.25, 0.3) is 5.91 Å². The van der Waals surface area contributed by atoms with Gasteiger partial charge in [0.2, 0.25) is 0 Å². The van der Waals surface area contributed by atoms with Crippen LogP contribution in [0.1, 0.15) is 29.6 Å². The highest BCUT2D eigenvalue weighted by atomic mass is 16.5. The Morgan fingerprint density at radius 3 is 2.96 bits per heavy atom. The topological polar surface area (TPSA) is 64.7 Å². The minimum atomic E-state index is -0.412. The fourth-order valence-corrected chi connectivity index (χ4v) is 3.79. The van der Waals surface area contributed by atoms with Gasteiger partial charge in [-0.15, -0.1) is 0 Å². The van der Waals surface area contributed by atoms with Crippen molar-refractivity contribution in [1.29, 1.82) is 0 Å². The van der Waals surface area contributed by atoms with Crippen molar-refractivity contribution in [2.45, 2.75) is 19.3 Å². The lowest BCUT2D eigenvalue weighted by atomic mass is 9.79. The summed E-state index contributed by atoms with van der Waals surface area (Å²) in [5, 5.41) is 0. The molecule has 2 aliphatic heterocycles. The van der Waals surface area contributed by atoms with E-state index in [4.69, 9.17) is 9.15 Å². The first kappa shape index (κ1) is 14.5. The lowest BCUT2D eigenvalue weighted by molar-refractivity contribution is 0.0463. The second kappa shape index (κ2) is 5.23. The number of hydrogen-bond acceptors (Lipinski definition) is 4. The van der Waals surface area contributed by atoms with Gasteiger partial charge in [-0.1, -0.05) is 0 Å². The predicted octanol–water partition coefficient (Wildman–Crippen LogP) is 1.77. The molecule has 2 aromatic rings. The van der Waals surface area contributed by atoms with Gasteiger partial charge in [0.15, 0.2) is 5.58 Å². The molecule has 3 heterocycles. The molecule has 1 aromatic carbocycles. The lowest BCUT2D eigenvalue weighted by Crippen LogP contribution is -2.46. The maximum Gasteiger partial charge on any atom is 0.419 e. The third kappa shape index (κ3) is 2.37. The Kier molecular flexibility index (Phi) is 3.30. The number of carbonyl (C=O) groups is 1. The average molecular weight is 316 g/mol. The molecule has 0 aliphatic carbocycles. The van der Waals surface area contributed by atoms with E-state index >= 15 is 0 Å². The maximum atomic E-state index is 12.9. The third-order valence-corrected chi connectivity index (χ3v) is 5.17. The van der Waals surface area contributed by atoms with E-state index in [-0.39, 0.29) is 11.3 Å². The van der Waals surface area contributed by atoms with Crippen LogP contribution < -0.4 is 5.76 Å². The number of rotatable bonds is 1. The van der Waals surface area contributed by atoms with Crippen LogP contribution in [0.2, 0.25) is 0 Å². The molecule has 1 spiro atoms. The molecule has 4 rings (SSSR count). The molecular formula is C17H20N2O4. The van der Waals surface area contributed by atoms with Gasteiger partial charge in [0.1, 0.15) is 0 Å². The SMILES string of the molecule is Cn1c(=O)oc2ccc(C(=O)N3CCC[C@]4(CCOC4)C3)cc21. The fraction of sp³-hybridized carbons (Fsp3) is 0.529. The normalized spacial score (nSPS) is 24.7. The summed E-state index contributed by atoms with van der Waals surface area (Å²) in [6.45, 7) is 3.09. The summed E-state index contributed by atoms with van der Waals surface area (Å²) >= 11 is 0. The zero-order chi connectivity index (χ0) is 16.0. The lowest BCUT2D eigenvalue weighted by Gasteiger charge is -2.39. The number of ether oxygens (including phenoxy) is 1. The Morgan fingerprint density at radius 2 is 2.17 bits per heavy atom. The molecule has 0 saturated carbocycles. The zero-order valence-electron chi connectivity index (χ0n) is 13.2. The van der Waals surface area contributed by atoms with Crippen LogP contribution in [-0.2, 0) is 11.8 Å². The molecule has 122 valence electrons. The molecule has 1 amide bonds. The van der Waals surface area contributed by atoms with Crippen LogP contribution in [0.4, 0.5) is 0 Å². The van der Waals surface area contributed by atoms with Gasteiger partial charge in [-0.3, -0.25) is 9.36 Å². The Morgan fingerprint density at radius 1 is 1.30 bits per heavy atom. The summed E-state index contributed by atoms with van der Waals surface area (Å²) in [6.07, 6.45) is 3.18. The molecule has 2 saturated heterocycles. The van der Waals surface area contributed by atoms with E-state index in [9.17, 15) is 9.59 Å². The van der Waals surface area contributed by atoms with Crippen molar-refractivity contribution in [2.75, 3.05) is 26.3 Å². The number of carbonyl (C=O) groups excluding carboxylic acids is 1. The van der Waals surface area contributed by atoms with E-state index in [1.165, 1.54) is 4.57 Å². The first-order chi connectivity index (χ1) is 11.1. The number of aryl methyl sites for hydroxylation is 1. The summed E-state index contributed by atoms with van der Waals surface area (Å²) in [5.74, 6) is -0.392.